The Labute approximate surface area is 530 Å². The molecule has 0 aliphatic carbocycles. The first-order chi connectivity index (χ1) is 45.2. The number of anilines is 6. The van der Waals surface area contributed by atoms with Gasteiger partial charge in [-0.25, -0.2) is 8.78 Å². The van der Waals surface area contributed by atoms with Crippen LogP contribution in [0.1, 0.15) is 11.1 Å². The van der Waals surface area contributed by atoms with Gasteiger partial charge in [0.05, 0.1) is 44.5 Å². The van der Waals surface area contributed by atoms with Crippen molar-refractivity contribution in [1.82, 2.24) is 18.3 Å². The third kappa shape index (κ3) is 9.22. The number of para-hydroxylation sites is 4. The summed E-state index contributed by atoms with van der Waals surface area (Å²) in [5, 5.41) is 6.73. The molecule has 13 aromatic carbocycles. The van der Waals surface area contributed by atoms with E-state index in [2.05, 4.69) is 297 Å². The molecule has 0 fully saturated rings. The van der Waals surface area contributed by atoms with Crippen LogP contribution in [0.3, 0.4) is 0 Å². The van der Waals surface area contributed by atoms with E-state index < -0.39 is 0 Å². The minimum Gasteiger partial charge on any atom is -0.310 e. The molecule has 0 saturated heterocycles. The molecular formula is C84H58F2N6. The van der Waals surface area contributed by atoms with E-state index in [9.17, 15) is 8.78 Å². The molecule has 0 atom stereocenters. The zero-order chi connectivity index (χ0) is 61.6. The number of nitrogens with zero attached hydrogens (tertiary/aromatic N) is 6. The van der Waals surface area contributed by atoms with Crippen LogP contribution in [-0.4, -0.2) is 18.3 Å². The number of halogens is 2. The molecule has 438 valence electrons. The second-order valence-electron chi connectivity index (χ2n) is 23.9. The van der Waals surface area contributed by atoms with Gasteiger partial charge in [0.25, 0.3) is 0 Å². The van der Waals surface area contributed by atoms with E-state index in [0.29, 0.717) is 0 Å². The van der Waals surface area contributed by atoms with E-state index in [4.69, 9.17) is 0 Å². The Kier molecular flexibility index (Phi) is 12.9. The predicted molar refractivity (Wildman–Crippen MR) is 378 cm³/mol. The lowest BCUT2D eigenvalue weighted by atomic mass is 10.1. The highest BCUT2D eigenvalue weighted by Crippen LogP contribution is 2.45. The molecule has 0 aliphatic heterocycles. The van der Waals surface area contributed by atoms with Crippen LogP contribution in [0, 0.1) is 25.5 Å². The predicted octanol–water partition coefficient (Wildman–Crippen LogP) is 22.9. The highest BCUT2D eigenvalue weighted by Gasteiger charge is 2.23. The maximum atomic E-state index is 14.8. The molecule has 8 heteroatoms. The third-order valence-electron chi connectivity index (χ3n) is 18.2. The highest BCUT2D eigenvalue weighted by atomic mass is 19.1. The van der Waals surface area contributed by atoms with Crippen molar-refractivity contribution in [2.75, 3.05) is 9.80 Å². The number of aryl methyl sites for hydroxylation is 2. The topological polar surface area (TPSA) is 26.2 Å². The quantitative estimate of drug-likeness (QED) is 0.122. The van der Waals surface area contributed by atoms with Crippen LogP contribution < -0.4 is 9.80 Å². The lowest BCUT2D eigenvalue weighted by Gasteiger charge is -2.26. The Bertz CT molecular complexity index is 5280. The summed E-state index contributed by atoms with van der Waals surface area (Å²) >= 11 is 0. The van der Waals surface area contributed by atoms with Crippen molar-refractivity contribution in [2.45, 2.75) is 13.8 Å². The van der Waals surface area contributed by atoms with Gasteiger partial charge in [0.1, 0.15) is 11.6 Å². The lowest BCUT2D eigenvalue weighted by Crippen LogP contribution is -2.10. The van der Waals surface area contributed by atoms with E-state index >= 15 is 0 Å². The largest absolute Gasteiger partial charge is 0.310 e. The molecule has 0 unspecified atom stereocenters. The molecule has 0 N–H and O–H groups in total. The average molecular weight is 1190 g/mol. The van der Waals surface area contributed by atoms with Crippen molar-refractivity contribution in [3.05, 3.63) is 338 Å². The first kappa shape index (κ1) is 54.2. The minimum atomic E-state index is -0.290. The maximum Gasteiger partial charge on any atom is 0.123 e. The Balaban J connectivity index is 0.795. The summed E-state index contributed by atoms with van der Waals surface area (Å²) < 4.78 is 39.0. The molecule has 92 heavy (non-hydrogen) atoms. The minimum absolute atomic E-state index is 0.290. The van der Waals surface area contributed by atoms with E-state index in [1.54, 1.807) is 0 Å². The summed E-state index contributed by atoms with van der Waals surface area (Å²) in [6.07, 6.45) is 0. The SMILES string of the molecule is Cc1ccc(-c2cc3cc4c(cc(-c5ccc(C)cc5)n4-c4ccc(N(c5ccc(F)cc5)c5ccc6c(c5)c5ccccc5n6-c5ccccc5)cc4)cc3n2-c2ccc(N(c3ccc(F)cc3)c3ccc4c(c3)c3ccccc3n4-c3ccccc3)cc2)cc1. The number of rotatable bonds is 12. The molecule has 4 heterocycles. The fourth-order valence-corrected chi connectivity index (χ4v) is 13.8. The van der Waals surface area contributed by atoms with E-state index in [-0.39, 0.29) is 11.6 Å². The van der Waals surface area contributed by atoms with Gasteiger partial charge >= 0.3 is 0 Å². The number of benzene rings is 13. The molecule has 0 aliphatic rings. The van der Waals surface area contributed by atoms with Gasteiger partial charge in [-0.15, -0.1) is 0 Å². The monoisotopic (exact) mass is 1190 g/mol. The van der Waals surface area contributed by atoms with Gasteiger partial charge in [-0.3, -0.25) is 0 Å². The molecule has 17 rings (SSSR count). The molecule has 4 aromatic heterocycles. The van der Waals surface area contributed by atoms with Crippen LogP contribution in [0.2, 0.25) is 0 Å². The zero-order valence-electron chi connectivity index (χ0n) is 50.5. The van der Waals surface area contributed by atoms with Gasteiger partial charge < -0.3 is 28.1 Å². The Morgan fingerprint density at radius 1 is 0.239 bits per heavy atom. The smallest absolute Gasteiger partial charge is 0.123 e. The van der Waals surface area contributed by atoms with Crippen LogP contribution in [0.25, 0.3) is 111 Å². The Morgan fingerprint density at radius 2 is 0.554 bits per heavy atom. The molecule has 0 saturated carbocycles. The van der Waals surface area contributed by atoms with E-state index in [1.807, 2.05) is 36.4 Å². The van der Waals surface area contributed by atoms with Crippen LogP contribution in [0.4, 0.5) is 42.9 Å². The van der Waals surface area contributed by atoms with Crippen molar-refractivity contribution in [3.8, 4) is 45.3 Å². The fourth-order valence-electron chi connectivity index (χ4n) is 13.8. The molecule has 0 bridgehead atoms. The van der Waals surface area contributed by atoms with Gasteiger partial charge in [-0.2, -0.15) is 0 Å². The summed E-state index contributed by atoms with van der Waals surface area (Å²) in [7, 11) is 0. The molecule has 0 amide bonds. The van der Waals surface area contributed by atoms with Gasteiger partial charge in [0.15, 0.2) is 0 Å². The second kappa shape index (κ2) is 21.9. The summed E-state index contributed by atoms with van der Waals surface area (Å²) in [6.45, 7) is 4.25. The van der Waals surface area contributed by atoms with Crippen molar-refractivity contribution in [3.63, 3.8) is 0 Å². The third-order valence-corrected chi connectivity index (χ3v) is 18.2. The Hall–Kier alpha value is -12.0. The molecule has 17 aromatic rings. The first-order valence-corrected chi connectivity index (χ1v) is 31.1. The standard InChI is InChI=1S/C84H58F2N6/c1-55-21-25-57(26-22-55)81-49-59-51-84-60(52-83(59)91(81)69-41-37-67(38-42-69)87(65-33-29-61(85)30-34-65)71-45-47-79-75(53-71)73-17-9-11-19-77(73)89(79)63-13-5-3-6-14-63)50-82(58-27-23-56(2)24-28-58)92(84)70-43-39-68(40-44-70)88(66-35-31-62(86)32-36-66)72-46-48-80-76(54-72)74-18-10-12-20-78(74)90(80)64-15-7-4-8-16-64/h3-54H,1-2H3. The molecule has 0 radical (unpaired) electrons. The van der Waals surface area contributed by atoms with E-state index in [1.165, 1.54) is 35.4 Å². The first-order valence-electron chi connectivity index (χ1n) is 31.1. The summed E-state index contributed by atoms with van der Waals surface area (Å²) in [5.74, 6) is -0.580. The summed E-state index contributed by atoms with van der Waals surface area (Å²) in [6, 6.07) is 109. The van der Waals surface area contributed by atoms with E-state index in [0.717, 1.165) is 145 Å². The normalized spacial score (nSPS) is 11.7. The van der Waals surface area contributed by atoms with Crippen molar-refractivity contribution in [2.24, 2.45) is 0 Å². The van der Waals surface area contributed by atoms with Crippen LogP contribution in [0.5, 0.6) is 0 Å². The highest BCUT2D eigenvalue weighted by molar-refractivity contribution is 6.12. The second-order valence-corrected chi connectivity index (χ2v) is 23.9. The lowest BCUT2D eigenvalue weighted by molar-refractivity contribution is 0.627. The summed E-state index contributed by atoms with van der Waals surface area (Å²) in [5.41, 5.74) is 23.0. The number of hydrogen-bond donors (Lipinski definition) is 0. The summed E-state index contributed by atoms with van der Waals surface area (Å²) in [4.78, 5) is 4.42. The number of aromatic nitrogens is 4. The van der Waals surface area contributed by atoms with Crippen LogP contribution in [0.15, 0.2) is 315 Å². The van der Waals surface area contributed by atoms with Crippen molar-refractivity contribution < 1.29 is 8.78 Å². The van der Waals surface area contributed by atoms with Gasteiger partial charge in [-0.05, 0) is 219 Å². The van der Waals surface area contributed by atoms with Gasteiger partial charge in [0.2, 0.25) is 0 Å². The molecular weight excluding hydrogens is 1130 g/mol. The van der Waals surface area contributed by atoms with Gasteiger partial charge in [0, 0.05) is 89.2 Å². The number of fused-ring (bicyclic) bond motifs is 8. The maximum absolute atomic E-state index is 14.8. The molecule has 6 nitrogen and oxygen atoms in total. The Morgan fingerprint density at radius 3 is 0.935 bits per heavy atom. The van der Waals surface area contributed by atoms with Crippen molar-refractivity contribution in [1.29, 1.82) is 0 Å². The van der Waals surface area contributed by atoms with Gasteiger partial charge in [-0.1, -0.05) is 132 Å². The zero-order valence-corrected chi connectivity index (χ0v) is 50.5. The average Bonchev–Trinajstić information content (AvgIpc) is 1.68. The van der Waals surface area contributed by atoms with Crippen molar-refractivity contribution >= 4 is 99.5 Å². The fraction of sp³-hybridized carbons (Fsp3) is 0.0238. The molecule has 0 spiro atoms. The van der Waals surface area contributed by atoms with Crippen LogP contribution >= 0.6 is 0 Å². The van der Waals surface area contributed by atoms with Crippen LogP contribution in [-0.2, 0) is 0 Å². The number of hydrogen-bond acceptors (Lipinski definition) is 2.